The number of rotatable bonds is 8. The van der Waals surface area contributed by atoms with Gasteiger partial charge in [0.15, 0.2) is 0 Å². The first-order chi connectivity index (χ1) is 5.85. The van der Waals surface area contributed by atoms with Crippen molar-refractivity contribution >= 4 is 0 Å². The molecule has 0 spiro atoms. The summed E-state index contributed by atoms with van der Waals surface area (Å²) in [5, 5.41) is 6.50. The lowest BCUT2D eigenvalue weighted by molar-refractivity contribution is 0.438. The average Bonchev–Trinajstić information content (AvgIpc) is 2.10. The second-order valence-electron chi connectivity index (χ2n) is 2.52. The van der Waals surface area contributed by atoms with Gasteiger partial charge in [0.2, 0.25) is 0 Å². The second kappa shape index (κ2) is 8.46. The summed E-state index contributed by atoms with van der Waals surface area (Å²) >= 11 is 0. The zero-order valence-electron chi connectivity index (χ0n) is 7.55. The highest BCUT2D eigenvalue weighted by Crippen LogP contribution is 1.84. The summed E-state index contributed by atoms with van der Waals surface area (Å²) in [6.45, 7) is 9.54. The van der Waals surface area contributed by atoms with Crippen LogP contribution in [0.4, 0.5) is 0 Å². The maximum atomic E-state index is 5.44. The smallest absolute Gasteiger partial charge is 0.0588 e. The van der Waals surface area contributed by atoms with Crippen LogP contribution in [0, 0.1) is 0 Å². The van der Waals surface area contributed by atoms with Gasteiger partial charge in [-0.1, -0.05) is 12.2 Å². The third kappa shape index (κ3) is 6.09. The van der Waals surface area contributed by atoms with Crippen molar-refractivity contribution in [3.05, 3.63) is 25.3 Å². The Balaban J connectivity index is 3.52. The van der Waals surface area contributed by atoms with E-state index in [-0.39, 0.29) is 6.17 Å². The van der Waals surface area contributed by atoms with Crippen molar-refractivity contribution < 1.29 is 0 Å². The van der Waals surface area contributed by atoms with E-state index in [1.807, 2.05) is 12.2 Å². The summed E-state index contributed by atoms with van der Waals surface area (Å²) in [6.07, 6.45) is 4.85. The maximum Gasteiger partial charge on any atom is 0.0588 e. The van der Waals surface area contributed by atoms with Crippen LogP contribution < -0.4 is 16.4 Å². The van der Waals surface area contributed by atoms with Crippen molar-refractivity contribution in [2.75, 3.05) is 19.6 Å². The van der Waals surface area contributed by atoms with E-state index in [0.717, 1.165) is 19.5 Å². The van der Waals surface area contributed by atoms with Crippen LogP contribution in [-0.4, -0.2) is 25.8 Å². The molecule has 0 aromatic heterocycles. The molecule has 0 bridgehead atoms. The van der Waals surface area contributed by atoms with Crippen LogP contribution in [0.3, 0.4) is 0 Å². The van der Waals surface area contributed by atoms with Gasteiger partial charge < -0.3 is 5.73 Å². The molecule has 0 aliphatic heterocycles. The Kier molecular flexibility index (Phi) is 8.01. The van der Waals surface area contributed by atoms with Crippen molar-refractivity contribution in [1.82, 2.24) is 10.6 Å². The predicted octanol–water partition coefficient (Wildman–Crippen LogP) is 0.213. The maximum absolute atomic E-state index is 5.44. The van der Waals surface area contributed by atoms with Crippen molar-refractivity contribution in [2.45, 2.75) is 12.6 Å². The van der Waals surface area contributed by atoms with Crippen LogP contribution in [0.25, 0.3) is 0 Å². The normalized spacial score (nSPS) is 10.2. The first-order valence-electron chi connectivity index (χ1n) is 4.23. The van der Waals surface area contributed by atoms with E-state index < -0.39 is 0 Å². The first kappa shape index (κ1) is 11.4. The fraction of sp³-hybridized carbons (Fsp3) is 0.556. The molecular weight excluding hydrogens is 150 g/mol. The molecule has 0 fully saturated rings. The molecule has 4 N–H and O–H groups in total. The SMILES string of the molecule is C=CCNC(CCN)NCC=C. The molecule has 0 rings (SSSR count). The van der Waals surface area contributed by atoms with Crippen LogP contribution >= 0.6 is 0 Å². The minimum absolute atomic E-state index is 0.269. The Morgan fingerprint density at radius 3 is 2.00 bits per heavy atom. The Bertz CT molecular complexity index is 111. The molecule has 3 nitrogen and oxygen atoms in total. The Hall–Kier alpha value is -0.640. The molecule has 0 aliphatic carbocycles. The number of nitrogens with one attached hydrogen (secondary N) is 2. The van der Waals surface area contributed by atoms with Crippen molar-refractivity contribution in [3.63, 3.8) is 0 Å². The standard InChI is InChI=1S/C9H19N3/c1-3-7-11-9(5-6-10)12-8-4-2/h3-4,9,11-12H,1-2,5-8,10H2. The van der Waals surface area contributed by atoms with E-state index in [1.54, 1.807) is 0 Å². The van der Waals surface area contributed by atoms with Gasteiger partial charge in [0.25, 0.3) is 0 Å². The molecule has 70 valence electrons. The Morgan fingerprint density at radius 2 is 1.67 bits per heavy atom. The van der Waals surface area contributed by atoms with Gasteiger partial charge in [-0.25, -0.2) is 0 Å². The zero-order chi connectivity index (χ0) is 9.23. The molecule has 0 saturated carbocycles. The van der Waals surface area contributed by atoms with Gasteiger partial charge in [-0.15, -0.1) is 13.2 Å². The summed E-state index contributed by atoms with van der Waals surface area (Å²) in [5.41, 5.74) is 5.44. The highest BCUT2D eigenvalue weighted by Gasteiger charge is 2.02. The van der Waals surface area contributed by atoms with Gasteiger partial charge >= 0.3 is 0 Å². The molecule has 0 unspecified atom stereocenters. The fourth-order valence-electron chi connectivity index (χ4n) is 0.894. The molecule has 0 saturated heterocycles. The predicted molar refractivity (Wildman–Crippen MR) is 53.9 cm³/mol. The highest BCUT2D eigenvalue weighted by molar-refractivity contribution is 4.77. The summed E-state index contributed by atoms with van der Waals surface area (Å²) in [7, 11) is 0. The van der Waals surface area contributed by atoms with E-state index in [1.165, 1.54) is 0 Å². The molecule has 12 heavy (non-hydrogen) atoms. The minimum Gasteiger partial charge on any atom is -0.330 e. The van der Waals surface area contributed by atoms with E-state index in [4.69, 9.17) is 5.73 Å². The van der Waals surface area contributed by atoms with Gasteiger partial charge in [-0.05, 0) is 13.0 Å². The topological polar surface area (TPSA) is 50.1 Å². The lowest BCUT2D eigenvalue weighted by Gasteiger charge is -2.17. The molecule has 0 aliphatic rings. The summed E-state index contributed by atoms with van der Waals surface area (Å²) in [6, 6.07) is 0. The van der Waals surface area contributed by atoms with Crippen molar-refractivity contribution in [1.29, 1.82) is 0 Å². The van der Waals surface area contributed by atoms with E-state index >= 15 is 0 Å². The fourth-order valence-corrected chi connectivity index (χ4v) is 0.894. The summed E-state index contributed by atoms with van der Waals surface area (Å²) in [4.78, 5) is 0. The van der Waals surface area contributed by atoms with Gasteiger partial charge in [-0.2, -0.15) is 0 Å². The third-order valence-electron chi connectivity index (χ3n) is 1.47. The molecule has 0 aromatic rings. The van der Waals surface area contributed by atoms with E-state index in [9.17, 15) is 0 Å². The largest absolute Gasteiger partial charge is 0.330 e. The number of nitrogens with two attached hydrogens (primary N) is 1. The van der Waals surface area contributed by atoms with Crippen LogP contribution in [0.15, 0.2) is 25.3 Å². The van der Waals surface area contributed by atoms with Gasteiger partial charge in [0, 0.05) is 13.1 Å². The molecule has 0 heterocycles. The number of hydrogen-bond acceptors (Lipinski definition) is 3. The summed E-state index contributed by atoms with van der Waals surface area (Å²) in [5.74, 6) is 0. The molecular formula is C9H19N3. The van der Waals surface area contributed by atoms with Gasteiger partial charge in [0.1, 0.15) is 0 Å². The lowest BCUT2D eigenvalue weighted by atomic mass is 10.3. The molecule has 0 aromatic carbocycles. The van der Waals surface area contributed by atoms with Crippen LogP contribution in [0.2, 0.25) is 0 Å². The summed E-state index contributed by atoms with van der Waals surface area (Å²) < 4.78 is 0. The van der Waals surface area contributed by atoms with Crippen molar-refractivity contribution in [3.8, 4) is 0 Å². The van der Waals surface area contributed by atoms with Gasteiger partial charge in [0.05, 0.1) is 6.17 Å². The van der Waals surface area contributed by atoms with Crippen molar-refractivity contribution in [2.24, 2.45) is 5.73 Å². The highest BCUT2D eigenvalue weighted by atomic mass is 15.1. The van der Waals surface area contributed by atoms with E-state index in [0.29, 0.717) is 6.54 Å². The first-order valence-corrected chi connectivity index (χ1v) is 4.23. The third-order valence-corrected chi connectivity index (χ3v) is 1.47. The molecule has 0 radical (unpaired) electrons. The number of hydrogen-bond donors (Lipinski definition) is 3. The van der Waals surface area contributed by atoms with Crippen LogP contribution in [0.5, 0.6) is 0 Å². The van der Waals surface area contributed by atoms with E-state index in [2.05, 4.69) is 23.8 Å². The average molecular weight is 169 g/mol. The monoisotopic (exact) mass is 169 g/mol. The Morgan fingerprint density at radius 1 is 1.17 bits per heavy atom. The Labute approximate surface area is 74.7 Å². The molecule has 0 atom stereocenters. The quantitative estimate of drug-likeness (QED) is 0.360. The van der Waals surface area contributed by atoms with Crippen LogP contribution in [0.1, 0.15) is 6.42 Å². The second-order valence-corrected chi connectivity index (χ2v) is 2.52. The lowest BCUT2D eigenvalue weighted by Crippen LogP contribution is -2.43. The zero-order valence-corrected chi connectivity index (χ0v) is 7.55. The van der Waals surface area contributed by atoms with Crippen LogP contribution in [-0.2, 0) is 0 Å². The molecule has 3 heteroatoms. The van der Waals surface area contributed by atoms with Gasteiger partial charge in [-0.3, -0.25) is 10.6 Å². The minimum atomic E-state index is 0.269. The molecule has 0 amide bonds.